The molecule has 3 N–H and O–H groups in total. The first-order valence-electron chi connectivity index (χ1n) is 5.96. The predicted molar refractivity (Wildman–Crippen MR) is 65.6 cm³/mol. The van der Waals surface area contributed by atoms with Gasteiger partial charge in [0.25, 0.3) is 0 Å². The molecule has 102 valence electrons. The number of hydrogen-bond acceptors (Lipinski definition) is 4. The van der Waals surface area contributed by atoms with Crippen LogP contribution in [0.25, 0.3) is 0 Å². The number of carbonyl (C=O) groups is 2. The summed E-state index contributed by atoms with van der Waals surface area (Å²) in [6.07, 6.45) is -0.847. The zero-order chi connectivity index (χ0) is 14.0. The van der Waals surface area contributed by atoms with Gasteiger partial charge in [-0.05, 0) is 6.07 Å². The van der Waals surface area contributed by atoms with Gasteiger partial charge in [0, 0.05) is 18.5 Å². The van der Waals surface area contributed by atoms with Crippen molar-refractivity contribution in [3.05, 3.63) is 29.8 Å². The van der Waals surface area contributed by atoms with E-state index in [-0.39, 0.29) is 25.1 Å². The number of aliphatic hydroxyl groups excluding tert-OH is 1. The fraction of sp³-hybridized carbons (Fsp3) is 0.385. The van der Waals surface area contributed by atoms with Crippen LogP contribution in [0.5, 0.6) is 5.75 Å². The normalized spacial score (nSPS) is 22.5. The van der Waals surface area contributed by atoms with Crippen LogP contribution in [0.4, 0.5) is 0 Å². The number of phenolic OH excluding ortho intramolecular Hbond substituents is 1. The quantitative estimate of drug-likeness (QED) is 0.713. The lowest BCUT2D eigenvalue weighted by Gasteiger charge is -2.21. The molecule has 6 heteroatoms. The number of carbonyl (C=O) groups excluding carboxylic acids is 1. The molecule has 0 aliphatic carbocycles. The Morgan fingerprint density at radius 2 is 2.00 bits per heavy atom. The maximum atomic E-state index is 12.1. The smallest absolute Gasteiger partial charge is 0.326 e. The second-order valence-electron chi connectivity index (χ2n) is 4.60. The second-order valence-corrected chi connectivity index (χ2v) is 4.60. The number of amides is 1. The highest BCUT2D eigenvalue weighted by Gasteiger charge is 2.38. The van der Waals surface area contributed by atoms with E-state index in [2.05, 4.69) is 0 Å². The molecule has 19 heavy (non-hydrogen) atoms. The standard InChI is InChI=1S/C13H15NO5/c15-9-6-10(13(18)19)14(7-9)12(17)5-8-3-1-2-4-11(8)16/h1-4,9-10,15-16H,5-7H2,(H,18,19)/t9-,10-/m0/s1. The molecule has 0 saturated carbocycles. The van der Waals surface area contributed by atoms with Gasteiger partial charge in [-0.1, -0.05) is 18.2 Å². The Balaban J connectivity index is 2.11. The van der Waals surface area contributed by atoms with Crippen LogP contribution < -0.4 is 0 Å². The fourth-order valence-electron chi connectivity index (χ4n) is 2.25. The Morgan fingerprint density at radius 3 is 2.63 bits per heavy atom. The van der Waals surface area contributed by atoms with Crippen LogP contribution >= 0.6 is 0 Å². The van der Waals surface area contributed by atoms with Crippen molar-refractivity contribution in [1.29, 1.82) is 0 Å². The third kappa shape index (κ3) is 2.85. The second kappa shape index (κ2) is 5.27. The van der Waals surface area contributed by atoms with Crippen LogP contribution in [0.2, 0.25) is 0 Å². The highest BCUT2D eigenvalue weighted by Crippen LogP contribution is 2.22. The first-order chi connectivity index (χ1) is 8.99. The molecule has 1 amide bonds. The number of para-hydroxylation sites is 1. The molecule has 0 bridgehead atoms. The van der Waals surface area contributed by atoms with Crippen molar-refractivity contribution in [2.45, 2.75) is 25.0 Å². The molecule has 6 nitrogen and oxygen atoms in total. The van der Waals surface area contributed by atoms with Crippen LogP contribution in [0.1, 0.15) is 12.0 Å². The molecule has 0 aromatic heterocycles. The number of aliphatic carboxylic acids is 1. The number of aromatic hydroxyl groups is 1. The molecule has 2 rings (SSSR count). The summed E-state index contributed by atoms with van der Waals surface area (Å²) in [5, 5.41) is 28.1. The van der Waals surface area contributed by atoms with E-state index in [1.165, 1.54) is 6.07 Å². The lowest BCUT2D eigenvalue weighted by atomic mass is 10.1. The Labute approximate surface area is 109 Å². The van der Waals surface area contributed by atoms with Crippen LogP contribution in [0.3, 0.4) is 0 Å². The summed E-state index contributed by atoms with van der Waals surface area (Å²) in [4.78, 5) is 24.2. The van der Waals surface area contributed by atoms with Crippen LogP contribution in [-0.2, 0) is 16.0 Å². The van der Waals surface area contributed by atoms with E-state index in [0.29, 0.717) is 5.56 Å². The third-order valence-electron chi connectivity index (χ3n) is 3.22. The maximum Gasteiger partial charge on any atom is 0.326 e. The summed E-state index contributed by atoms with van der Waals surface area (Å²) in [5.41, 5.74) is 0.443. The van der Waals surface area contributed by atoms with E-state index in [0.717, 1.165) is 4.90 Å². The summed E-state index contributed by atoms with van der Waals surface area (Å²) in [7, 11) is 0. The average molecular weight is 265 g/mol. The molecule has 0 spiro atoms. The van der Waals surface area contributed by atoms with Gasteiger partial charge < -0.3 is 20.2 Å². The number of hydrogen-bond donors (Lipinski definition) is 3. The number of benzene rings is 1. The van der Waals surface area contributed by atoms with Gasteiger partial charge in [0.2, 0.25) is 5.91 Å². The number of carboxylic acids is 1. The molecule has 1 saturated heterocycles. The number of carboxylic acid groups (broad SMARTS) is 1. The molecular formula is C13H15NO5. The van der Waals surface area contributed by atoms with Crippen molar-refractivity contribution in [2.75, 3.05) is 6.54 Å². The SMILES string of the molecule is O=C(O)[C@@H]1C[C@H](O)CN1C(=O)Cc1ccccc1O. The number of nitrogens with zero attached hydrogens (tertiary/aromatic N) is 1. The summed E-state index contributed by atoms with van der Waals surface area (Å²) in [6, 6.07) is 5.41. The highest BCUT2D eigenvalue weighted by atomic mass is 16.4. The molecule has 2 atom stereocenters. The zero-order valence-corrected chi connectivity index (χ0v) is 10.2. The van der Waals surface area contributed by atoms with Crippen LogP contribution in [0.15, 0.2) is 24.3 Å². The monoisotopic (exact) mass is 265 g/mol. The number of rotatable bonds is 3. The molecule has 0 radical (unpaired) electrons. The Bertz CT molecular complexity index is 502. The van der Waals surface area contributed by atoms with Crippen molar-refractivity contribution in [1.82, 2.24) is 4.90 Å². The number of likely N-dealkylation sites (tertiary alicyclic amines) is 1. The molecule has 1 heterocycles. The Morgan fingerprint density at radius 1 is 1.32 bits per heavy atom. The summed E-state index contributed by atoms with van der Waals surface area (Å²) in [6.45, 7) is 0.0173. The van der Waals surface area contributed by atoms with Gasteiger partial charge in [-0.25, -0.2) is 4.79 Å². The summed E-state index contributed by atoms with van der Waals surface area (Å²) < 4.78 is 0. The maximum absolute atomic E-state index is 12.1. The van der Waals surface area contributed by atoms with Gasteiger partial charge in [0.1, 0.15) is 11.8 Å². The van der Waals surface area contributed by atoms with E-state index >= 15 is 0 Å². The van der Waals surface area contributed by atoms with E-state index in [1.54, 1.807) is 18.2 Å². The van der Waals surface area contributed by atoms with Gasteiger partial charge >= 0.3 is 5.97 Å². The van der Waals surface area contributed by atoms with Gasteiger partial charge in [-0.15, -0.1) is 0 Å². The van der Waals surface area contributed by atoms with Crippen molar-refractivity contribution in [3.63, 3.8) is 0 Å². The largest absolute Gasteiger partial charge is 0.508 e. The van der Waals surface area contributed by atoms with Crippen molar-refractivity contribution < 1.29 is 24.9 Å². The van der Waals surface area contributed by atoms with E-state index < -0.39 is 24.0 Å². The van der Waals surface area contributed by atoms with Gasteiger partial charge in [0.05, 0.1) is 12.5 Å². The van der Waals surface area contributed by atoms with Crippen LogP contribution in [0, 0.1) is 0 Å². The zero-order valence-electron chi connectivity index (χ0n) is 10.2. The van der Waals surface area contributed by atoms with E-state index in [4.69, 9.17) is 5.11 Å². The minimum atomic E-state index is -1.12. The van der Waals surface area contributed by atoms with Crippen molar-refractivity contribution in [3.8, 4) is 5.75 Å². The lowest BCUT2D eigenvalue weighted by molar-refractivity contribution is -0.148. The van der Waals surface area contributed by atoms with Gasteiger partial charge in [0.15, 0.2) is 0 Å². The first kappa shape index (κ1) is 13.4. The average Bonchev–Trinajstić information content (AvgIpc) is 2.74. The topological polar surface area (TPSA) is 98.1 Å². The molecule has 1 fully saturated rings. The number of β-amino-alcohol motifs (C(OH)–C–C–N with tert-alkyl or cyclic N) is 1. The van der Waals surface area contributed by atoms with Gasteiger partial charge in [-0.3, -0.25) is 4.79 Å². The summed E-state index contributed by atoms with van der Waals surface area (Å²) in [5.74, 6) is -1.53. The fourth-order valence-corrected chi connectivity index (χ4v) is 2.25. The first-order valence-corrected chi connectivity index (χ1v) is 5.96. The van der Waals surface area contributed by atoms with E-state index in [9.17, 15) is 19.8 Å². The van der Waals surface area contributed by atoms with Gasteiger partial charge in [-0.2, -0.15) is 0 Å². The van der Waals surface area contributed by atoms with E-state index in [1.807, 2.05) is 0 Å². The molecule has 1 aliphatic heterocycles. The summed E-state index contributed by atoms with van der Waals surface area (Å²) >= 11 is 0. The number of phenols is 1. The third-order valence-corrected chi connectivity index (χ3v) is 3.22. The van der Waals surface area contributed by atoms with Crippen LogP contribution in [-0.4, -0.2) is 50.8 Å². The predicted octanol–water partition coefficient (Wildman–Crippen LogP) is -0.0189. The molecule has 1 aliphatic rings. The van der Waals surface area contributed by atoms with Crippen molar-refractivity contribution >= 4 is 11.9 Å². The highest BCUT2D eigenvalue weighted by molar-refractivity contribution is 5.86. The Kier molecular flexibility index (Phi) is 3.71. The minimum Gasteiger partial charge on any atom is -0.508 e. The molecule has 1 aromatic rings. The minimum absolute atomic E-state index is 0.00229. The lowest BCUT2D eigenvalue weighted by Crippen LogP contribution is -2.41. The molecule has 0 unspecified atom stereocenters. The van der Waals surface area contributed by atoms with Crippen molar-refractivity contribution in [2.24, 2.45) is 0 Å². The Hall–Kier alpha value is -2.08. The molecular weight excluding hydrogens is 250 g/mol. The molecule has 1 aromatic carbocycles. The number of aliphatic hydroxyl groups is 1.